The van der Waals surface area contributed by atoms with Gasteiger partial charge in [0.25, 0.3) is 5.91 Å². The summed E-state index contributed by atoms with van der Waals surface area (Å²) in [5.41, 5.74) is 4.40. The highest BCUT2D eigenvalue weighted by Crippen LogP contribution is 2.30. The smallest absolute Gasteiger partial charge is 0.253 e. The van der Waals surface area contributed by atoms with Crippen LogP contribution >= 0.6 is 23.4 Å². The average molecular weight is 627 g/mol. The van der Waals surface area contributed by atoms with E-state index >= 15 is 0 Å². The van der Waals surface area contributed by atoms with Crippen LogP contribution in [0.15, 0.2) is 96.2 Å². The molecule has 228 valence electrons. The Hall–Kier alpha value is -3.43. The van der Waals surface area contributed by atoms with Crippen molar-refractivity contribution in [3.8, 4) is 0 Å². The maximum Gasteiger partial charge on any atom is 0.253 e. The third-order valence-corrected chi connectivity index (χ3v) is 9.68. The summed E-state index contributed by atoms with van der Waals surface area (Å²) in [5.74, 6) is 1.69. The molecule has 44 heavy (non-hydrogen) atoms. The van der Waals surface area contributed by atoms with Gasteiger partial charge in [-0.3, -0.25) is 9.69 Å². The molecule has 0 saturated carbocycles. The van der Waals surface area contributed by atoms with Crippen molar-refractivity contribution in [2.45, 2.75) is 23.9 Å². The summed E-state index contributed by atoms with van der Waals surface area (Å²) in [7, 11) is 0. The lowest BCUT2D eigenvalue weighted by Gasteiger charge is -2.39. The van der Waals surface area contributed by atoms with E-state index in [0.29, 0.717) is 29.2 Å². The third-order valence-electron chi connectivity index (χ3n) is 8.57. The summed E-state index contributed by atoms with van der Waals surface area (Å²) in [4.78, 5) is 31.9. The van der Waals surface area contributed by atoms with E-state index < -0.39 is 0 Å². The van der Waals surface area contributed by atoms with Crippen LogP contribution in [0.5, 0.6) is 0 Å². The summed E-state index contributed by atoms with van der Waals surface area (Å²) in [6.07, 6.45) is 0. The van der Waals surface area contributed by atoms with Gasteiger partial charge in [-0.2, -0.15) is 0 Å². The molecule has 1 aromatic heterocycles. The Morgan fingerprint density at radius 2 is 1.41 bits per heavy atom. The largest absolute Gasteiger partial charge is 0.354 e. The number of hydrogen-bond donors (Lipinski definition) is 0. The number of benzene rings is 3. The lowest BCUT2D eigenvalue weighted by atomic mass is 9.96. The Balaban J connectivity index is 1.04. The van der Waals surface area contributed by atoms with Crippen molar-refractivity contribution in [3.05, 3.63) is 118 Å². The van der Waals surface area contributed by atoms with Crippen molar-refractivity contribution < 1.29 is 4.79 Å². The molecule has 0 unspecified atom stereocenters. The van der Waals surface area contributed by atoms with Gasteiger partial charge in [-0.15, -0.1) is 0 Å². The molecule has 0 N–H and O–H groups in total. The molecule has 0 radical (unpaired) electrons. The molecule has 4 aromatic rings. The van der Waals surface area contributed by atoms with E-state index in [1.54, 1.807) is 11.8 Å². The summed E-state index contributed by atoms with van der Waals surface area (Å²) in [5, 5.41) is 1.14. The number of carbonyl (C=O) groups excluding carboxylic acids is 1. The van der Waals surface area contributed by atoms with Crippen molar-refractivity contribution in [1.82, 2.24) is 24.7 Å². The van der Waals surface area contributed by atoms with E-state index in [2.05, 4.69) is 87.3 Å². The summed E-state index contributed by atoms with van der Waals surface area (Å²) in [6.45, 7) is 10.3. The molecule has 2 aliphatic rings. The fourth-order valence-corrected chi connectivity index (χ4v) is 7.08. The van der Waals surface area contributed by atoms with Gasteiger partial charge in [0.05, 0.1) is 6.04 Å². The van der Waals surface area contributed by atoms with Gasteiger partial charge in [-0.25, -0.2) is 9.97 Å². The Labute approximate surface area is 269 Å². The highest BCUT2D eigenvalue weighted by Gasteiger charge is 2.28. The molecule has 0 aliphatic carbocycles. The van der Waals surface area contributed by atoms with Gasteiger partial charge >= 0.3 is 0 Å². The molecule has 0 atom stereocenters. The topological polar surface area (TPSA) is 55.8 Å². The van der Waals surface area contributed by atoms with Crippen molar-refractivity contribution in [1.29, 1.82) is 0 Å². The molecule has 9 heteroatoms. The van der Waals surface area contributed by atoms with Crippen molar-refractivity contribution in [2.24, 2.45) is 0 Å². The van der Waals surface area contributed by atoms with E-state index in [-0.39, 0.29) is 11.9 Å². The highest BCUT2D eigenvalue weighted by atomic mass is 35.5. The van der Waals surface area contributed by atoms with Crippen LogP contribution in [0, 0.1) is 0 Å². The van der Waals surface area contributed by atoms with Crippen molar-refractivity contribution in [2.75, 3.05) is 63.8 Å². The molecular weight excluding hydrogens is 588 g/mol. The fraction of sp³-hybridized carbons (Fsp3) is 0.343. The predicted octanol–water partition coefficient (Wildman–Crippen LogP) is 6.11. The number of thioether (sulfide) groups is 1. The lowest BCUT2D eigenvalue weighted by Crippen LogP contribution is -2.49. The molecule has 2 fully saturated rings. The average Bonchev–Trinajstić information content (AvgIpc) is 3.08. The highest BCUT2D eigenvalue weighted by molar-refractivity contribution is 7.98. The van der Waals surface area contributed by atoms with E-state index in [1.807, 2.05) is 35.2 Å². The van der Waals surface area contributed by atoms with Crippen LogP contribution in [0.1, 0.15) is 40.0 Å². The number of anilines is 1. The fourth-order valence-electron chi connectivity index (χ4n) is 6.05. The first kappa shape index (κ1) is 30.6. The van der Waals surface area contributed by atoms with Gasteiger partial charge in [0.15, 0.2) is 5.16 Å². The quantitative estimate of drug-likeness (QED) is 0.126. The minimum Gasteiger partial charge on any atom is -0.354 e. The molecular formula is C35H39ClN6OS. The first-order valence-corrected chi connectivity index (χ1v) is 16.8. The summed E-state index contributed by atoms with van der Waals surface area (Å²) < 4.78 is 0. The first-order valence-electron chi connectivity index (χ1n) is 15.4. The monoisotopic (exact) mass is 626 g/mol. The number of rotatable bonds is 9. The minimum atomic E-state index is 0.0887. The van der Waals surface area contributed by atoms with Gasteiger partial charge in [0.1, 0.15) is 11.0 Å². The molecule has 1 amide bonds. The van der Waals surface area contributed by atoms with Crippen LogP contribution in [0.2, 0.25) is 5.15 Å². The van der Waals surface area contributed by atoms with Crippen LogP contribution < -0.4 is 4.90 Å². The number of amides is 1. The second-order valence-corrected chi connectivity index (χ2v) is 12.6. The molecule has 6 rings (SSSR count). The van der Waals surface area contributed by atoms with Gasteiger partial charge in [0, 0.05) is 69.7 Å². The molecule has 2 saturated heterocycles. The maximum atomic E-state index is 13.4. The van der Waals surface area contributed by atoms with Gasteiger partial charge in [0.2, 0.25) is 0 Å². The number of nitrogens with zero attached hydrogens (tertiary/aromatic N) is 6. The molecule has 3 heterocycles. The number of hydrogen-bond acceptors (Lipinski definition) is 7. The number of aromatic nitrogens is 2. The Morgan fingerprint density at radius 1 is 0.795 bits per heavy atom. The number of piperazine rings is 2. The van der Waals surface area contributed by atoms with Crippen molar-refractivity contribution in [3.63, 3.8) is 0 Å². The van der Waals surface area contributed by atoms with Gasteiger partial charge < -0.3 is 14.7 Å². The number of carbonyl (C=O) groups is 1. The Kier molecular flexibility index (Phi) is 10.1. The Bertz CT molecular complexity index is 1470. The van der Waals surface area contributed by atoms with Gasteiger partial charge in [-0.1, -0.05) is 103 Å². The zero-order valence-corrected chi connectivity index (χ0v) is 26.8. The molecule has 0 spiro atoms. The van der Waals surface area contributed by atoms with Crippen LogP contribution in [0.3, 0.4) is 0 Å². The number of likely N-dealkylation sites (N-methyl/N-ethyl adjacent to an activating group) is 1. The van der Waals surface area contributed by atoms with Crippen LogP contribution in [-0.4, -0.2) is 89.5 Å². The van der Waals surface area contributed by atoms with Crippen LogP contribution in [-0.2, 0) is 5.75 Å². The lowest BCUT2D eigenvalue weighted by molar-refractivity contribution is 0.0597. The maximum absolute atomic E-state index is 13.4. The normalized spacial score (nSPS) is 16.4. The predicted molar refractivity (Wildman–Crippen MR) is 180 cm³/mol. The SMILES string of the molecule is CCN1CCN(c2cc(Cl)nc(SCc3ccc(C(=O)N4CCN(C(c5ccccc5)c5ccccc5)CC4)cc3)n2)CC1. The summed E-state index contributed by atoms with van der Waals surface area (Å²) >= 11 is 7.95. The van der Waals surface area contributed by atoms with Crippen LogP contribution in [0.4, 0.5) is 5.82 Å². The molecule has 2 aliphatic heterocycles. The van der Waals surface area contributed by atoms with Crippen molar-refractivity contribution >= 4 is 35.1 Å². The number of halogens is 1. The molecule has 7 nitrogen and oxygen atoms in total. The second-order valence-electron chi connectivity index (χ2n) is 11.3. The zero-order valence-electron chi connectivity index (χ0n) is 25.2. The second kappa shape index (κ2) is 14.6. The molecule has 3 aromatic carbocycles. The van der Waals surface area contributed by atoms with E-state index in [0.717, 1.165) is 62.8 Å². The van der Waals surface area contributed by atoms with Gasteiger partial charge in [-0.05, 0) is 35.4 Å². The standard InChI is InChI=1S/C35H39ClN6OS/c1-2-39-17-19-40(20-18-39)32-25-31(36)37-35(38-32)44-26-27-13-15-30(16-14-27)34(43)42-23-21-41(22-24-42)33(28-9-5-3-6-10-28)29-11-7-4-8-12-29/h3-16,25,33H,2,17-24,26H2,1H3. The third kappa shape index (κ3) is 7.44. The van der Waals surface area contributed by atoms with E-state index in [4.69, 9.17) is 16.6 Å². The minimum absolute atomic E-state index is 0.0887. The summed E-state index contributed by atoms with van der Waals surface area (Å²) in [6, 6.07) is 31.3. The first-order chi connectivity index (χ1) is 21.6. The zero-order chi connectivity index (χ0) is 30.3. The van der Waals surface area contributed by atoms with E-state index in [9.17, 15) is 4.79 Å². The molecule has 0 bridgehead atoms. The van der Waals surface area contributed by atoms with Crippen LogP contribution in [0.25, 0.3) is 0 Å². The van der Waals surface area contributed by atoms with E-state index in [1.165, 1.54) is 11.1 Å². The Morgan fingerprint density at radius 3 is 2.00 bits per heavy atom.